The maximum absolute atomic E-state index is 12.3. The first-order chi connectivity index (χ1) is 8.89. The Kier molecular flexibility index (Phi) is 3.93. The van der Waals surface area contributed by atoms with E-state index in [2.05, 4.69) is 27.8 Å². The van der Waals surface area contributed by atoms with Crippen molar-refractivity contribution in [2.75, 3.05) is 25.0 Å². The molecule has 19 heavy (non-hydrogen) atoms. The number of nitrogens with one attached hydrogen (secondary N) is 2. The fourth-order valence-corrected chi connectivity index (χ4v) is 2.09. The van der Waals surface area contributed by atoms with Crippen molar-refractivity contribution in [1.82, 2.24) is 15.5 Å². The number of aromatic nitrogens is 2. The van der Waals surface area contributed by atoms with Gasteiger partial charge in [0.25, 0.3) is 0 Å². The van der Waals surface area contributed by atoms with Gasteiger partial charge in [-0.15, -0.1) is 10.2 Å². The molecular weight excluding hydrogens is 257 g/mol. The van der Waals surface area contributed by atoms with Gasteiger partial charge in [0.1, 0.15) is 5.82 Å². The van der Waals surface area contributed by atoms with Crippen molar-refractivity contribution in [3.63, 3.8) is 0 Å². The van der Waals surface area contributed by atoms with E-state index < -0.39 is 11.9 Å². The molecule has 0 bridgehead atoms. The molecule has 0 unspecified atom stereocenters. The van der Waals surface area contributed by atoms with Crippen LogP contribution in [0.2, 0.25) is 0 Å². The molecule has 2 N–H and O–H groups in total. The molecule has 1 aliphatic heterocycles. The Balaban J connectivity index is 1.93. The topological polar surface area (TPSA) is 49.8 Å². The molecule has 0 aromatic carbocycles. The molecule has 1 aromatic rings. The van der Waals surface area contributed by atoms with Crippen LogP contribution >= 0.6 is 0 Å². The third kappa shape index (κ3) is 3.79. The summed E-state index contributed by atoms with van der Waals surface area (Å²) in [7, 11) is 0. The van der Waals surface area contributed by atoms with Crippen LogP contribution in [0, 0.1) is 5.41 Å². The first-order valence-corrected chi connectivity index (χ1v) is 6.25. The molecule has 2 rings (SSSR count). The summed E-state index contributed by atoms with van der Waals surface area (Å²) in [6, 6.07) is 2.26. The van der Waals surface area contributed by atoms with Crippen molar-refractivity contribution in [3.8, 4) is 0 Å². The predicted molar refractivity (Wildman–Crippen MR) is 65.7 cm³/mol. The average Bonchev–Trinajstić information content (AvgIpc) is 2.37. The summed E-state index contributed by atoms with van der Waals surface area (Å²) >= 11 is 0. The van der Waals surface area contributed by atoms with Gasteiger partial charge in [0.05, 0.1) is 0 Å². The van der Waals surface area contributed by atoms with Gasteiger partial charge in [-0.05, 0) is 43.5 Å². The second-order valence-electron chi connectivity index (χ2n) is 5.22. The number of hydrogen-bond donors (Lipinski definition) is 2. The number of halogens is 3. The first-order valence-electron chi connectivity index (χ1n) is 6.25. The lowest BCUT2D eigenvalue weighted by atomic mass is 9.81. The van der Waals surface area contributed by atoms with Gasteiger partial charge in [-0.25, -0.2) is 0 Å². The van der Waals surface area contributed by atoms with E-state index in [1.165, 1.54) is 6.07 Å². The highest BCUT2D eigenvalue weighted by atomic mass is 19.4. The number of anilines is 1. The molecule has 106 valence electrons. The molecule has 0 spiro atoms. The highest BCUT2D eigenvalue weighted by Gasteiger charge is 2.33. The number of hydrogen-bond acceptors (Lipinski definition) is 4. The zero-order chi connectivity index (χ0) is 13.9. The third-order valence-electron chi connectivity index (χ3n) is 3.46. The minimum Gasteiger partial charge on any atom is -0.368 e. The van der Waals surface area contributed by atoms with Gasteiger partial charge in [-0.2, -0.15) is 13.2 Å². The van der Waals surface area contributed by atoms with E-state index >= 15 is 0 Å². The highest BCUT2D eigenvalue weighted by molar-refractivity contribution is 5.33. The summed E-state index contributed by atoms with van der Waals surface area (Å²) in [6.45, 7) is 4.79. The summed E-state index contributed by atoms with van der Waals surface area (Å²) in [4.78, 5) is 0. The molecule has 1 aromatic heterocycles. The number of alkyl halides is 3. The van der Waals surface area contributed by atoms with Crippen LogP contribution in [0.3, 0.4) is 0 Å². The van der Waals surface area contributed by atoms with Crippen molar-refractivity contribution in [1.29, 1.82) is 0 Å². The lowest BCUT2D eigenvalue weighted by molar-refractivity contribution is -0.141. The van der Waals surface area contributed by atoms with Crippen LogP contribution in [-0.2, 0) is 6.18 Å². The summed E-state index contributed by atoms with van der Waals surface area (Å²) in [5, 5.41) is 13.1. The van der Waals surface area contributed by atoms with Crippen molar-refractivity contribution in [2.45, 2.75) is 25.9 Å². The van der Waals surface area contributed by atoms with Crippen molar-refractivity contribution >= 4 is 5.82 Å². The third-order valence-corrected chi connectivity index (χ3v) is 3.46. The second-order valence-corrected chi connectivity index (χ2v) is 5.22. The maximum Gasteiger partial charge on any atom is 0.435 e. The Morgan fingerprint density at radius 1 is 1.26 bits per heavy atom. The Morgan fingerprint density at radius 3 is 2.47 bits per heavy atom. The molecule has 7 heteroatoms. The minimum atomic E-state index is -4.44. The smallest absolute Gasteiger partial charge is 0.368 e. The first kappa shape index (κ1) is 14.0. The molecule has 0 atom stereocenters. The van der Waals surface area contributed by atoms with Crippen molar-refractivity contribution in [2.24, 2.45) is 5.41 Å². The number of rotatable bonds is 3. The Hall–Kier alpha value is -1.37. The highest BCUT2D eigenvalue weighted by Crippen LogP contribution is 2.29. The maximum atomic E-state index is 12.3. The summed E-state index contributed by atoms with van der Waals surface area (Å²) in [5.74, 6) is 0.382. The van der Waals surface area contributed by atoms with Gasteiger partial charge >= 0.3 is 6.18 Å². The second kappa shape index (κ2) is 5.32. The van der Waals surface area contributed by atoms with Gasteiger partial charge in [-0.1, -0.05) is 6.92 Å². The van der Waals surface area contributed by atoms with E-state index in [4.69, 9.17) is 0 Å². The summed E-state index contributed by atoms with van der Waals surface area (Å²) in [6.07, 6.45) is -2.37. The minimum absolute atomic E-state index is 0.148. The van der Waals surface area contributed by atoms with E-state index in [0.717, 1.165) is 32.0 Å². The summed E-state index contributed by atoms with van der Waals surface area (Å²) < 4.78 is 37.0. The van der Waals surface area contributed by atoms with Crippen LogP contribution in [0.1, 0.15) is 25.5 Å². The molecular formula is C12H17F3N4. The normalized spacial score (nSPS) is 19.2. The van der Waals surface area contributed by atoms with E-state index in [0.29, 0.717) is 12.4 Å². The van der Waals surface area contributed by atoms with Crippen LogP contribution in [0.15, 0.2) is 12.1 Å². The van der Waals surface area contributed by atoms with E-state index in [1.54, 1.807) is 0 Å². The molecule has 0 radical (unpaired) electrons. The van der Waals surface area contributed by atoms with E-state index in [-0.39, 0.29) is 5.41 Å². The van der Waals surface area contributed by atoms with E-state index in [1.807, 2.05) is 0 Å². The van der Waals surface area contributed by atoms with Gasteiger partial charge in [-0.3, -0.25) is 0 Å². The van der Waals surface area contributed by atoms with Gasteiger partial charge in [0.15, 0.2) is 5.69 Å². The molecule has 0 amide bonds. The predicted octanol–water partition coefficient (Wildman–Crippen LogP) is 2.30. The zero-order valence-corrected chi connectivity index (χ0v) is 10.7. The van der Waals surface area contributed by atoms with Gasteiger partial charge < -0.3 is 10.6 Å². The average molecular weight is 274 g/mol. The largest absolute Gasteiger partial charge is 0.435 e. The van der Waals surface area contributed by atoms with Crippen LogP contribution < -0.4 is 10.6 Å². The summed E-state index contributed by atoms with van der Waals surface area (Å²) in [5.41, 5.74) is -0.818. The van der Waals surface area contributed by atoms with Crippen LogP contribution in [0.25, 0.3) is 0 Å². The Labute approximate surface area is 109 Å². The van der Waals surface area contributed by atoms with Crippen molar-refractivity contribution < 1.29 is 13.2 Å². The zero-order valence-electron chi connectivity index (χ0n) is 10.7. The van der Waals surface area contributed by atoms with Gasteiger partial charge in [0, 0.05) is 6.54 Å². The Morgan fingerprint density at radius 2 is 1.95 bits per heavy atom. The molecule has 1 saturated heterocycles. The lowest BCUT2D eigenvalue weighted by Crippen LogP contribution is -2.39. The fraction of sp³-hybridized carbons (Fsp3) is 0.667. The molecule has 1 fully saturated rings. The van der Waals surface area contributed by atoms with Gasteiger partial charge in [0.2, 0.25) is 0 Å². The standard InChI is InChI=1S/C12H17F3N4/c1-11(4-6-16-7-5-11)8-17-10-3-2-9(18-19-10)12(13,14)15/h2-3,16H,4-8H2,1H3,(H,17,19). The van der Waals surface area contributed by atoms with Crippen LogP contribution in [-0.4, -0.2) is 29.8 Å². The van der Waals surface area contributed by atoms with Crippen molar-refractivity contribution in [3.05, 3.63) is 17.8 Å². The van der Waals surface area contributed by atoms with Crippen LogP contribution in [0.4, 0.5) is 19.0 Å². The number of piperidine rings is 1. The van der Waals surface area contributed by atoms with Crippen LogP contribution in [0.5, 0.6) is 0 Å². The fourth-order valence-electron chi connectivity index (χ4n) is 2.09. The SMILES string of the molecule is CC1(CNc2ccc(C(F)(F)F)nn2)CCNCC1. The van der Waals surface area contributed by atoms with E-state index in [9.17, 15) is 13.2 Å². The number of nitrogens with zero attached hydrogens (tertiary/aromatic N) is 2. The molecule has 2 heterocycles. The molecule has 0 aliphatic carbocycles. The Bertz CT molecular complexity index is 410. The monoisotopic (exact) mass is 274 g/mol. The quantitative estimate of drug-likeness (QED) is 0.888. The molecule has 0 saturated carbocycles. The lowest BCUT2D eigenvalue weighted by Gasteiger charge is -2.34. The molecule has 1 aliphatic rings. The molecule has 4 nitrogen and oxygen atoms in total.